The summed E-state index contributed by atoms with van der Waals surface area (Å²) in [5.41, 5.74) is 13.4. The zero-order chi connectivity index (χ0) is 28.0. The van der Waals surface area contributed by atoms with Gasteiger partial charge in [0.05, 0.1) is 0 Å². The van der Waals surface area contributed by atoms with E-state index >= 15 is 0 Å². The van der Waals surface area contributed by atoms with Crippen LogP contribution in [0.3, 0.4) is 0 Å². The van der Waals surface area contributed by atoms with Gasteiger partial charge in [-0.15, -0.1) is 0 Å². The molecule has 0 radical (unpaired) electrons. The molecule has 0 amide bonds. The maximum atomic E-state index is 3.72. The summed E-state index contributed by atoms with van der Waals surface area (Å²) in [5, 5.41) is 3.72. The third-order valence-corrected chi connectivity index (χ3v) is 8.49. The normalized spacial score (nSPS) is 18.1. The van der Waals surface area contributed by atoms with Crippen LogP contribution in [0.25, 0.3) is 16.7 Å². The molecule has 1 N–H and O–H groups in total. The Hall–Kier alpha value is -4.36. The summed E-state index contributed by atoms with van der Waals surface area (Å²) in [6, 6.07) is 35.2. The molecule has 2 unspecified atom stereocenters. The van der Waals surface area contributed by atoms with E-state index in [4.69, 9.17) is 0 Å². The molecular weight excluding hydrogens is 494 g/mol. The van der Waals surface area contributed by atoms with E-state index in [0.717, 1.165) is 37.1 Å². The maximum Gasteiger partial charge on any atom is 0.0393 e. The molecule has 0 bridgehead atoms. The van der Waals surface area contributed by atoms with E-state index in [1.54, 1.807) is 5.57 Å². The van der Waals surface area contributed by atoms with Crippen molar-refractivity contribution in [1.82, 2.24) is 0 Å². The monoisotopic (exact) mass is 533 g/mol. The average molecular weight is 534 g/mol. The minimum atomic E-state index is 0.328. The summed E-state index contributed by atoms with van der Waals surface area (Å²) in [7, 11) is 0. The lowest BCUT2D eigenvalue weighted by molar-refractivity contribution is 0.730. The molecule has 41 heavy (non-hydrogen) atoms. The molecule has 204 valence electrons. The molecular formula is C40H39N. The number of allylic oxidation sites excluding steroid dienone is 8. The molecule has 4 aromatic carbocycles. The third kappa shape index (κ3) is 5.91. The first-order chi connectivity index (χ1) is 20.2. The van der Waals surface area contributed by atoms with Crippen LogP contribution in [0.2, 0.25) is 0 Å². The first-order valence-electron chi connectivity index (χ1n) is 15.1. The van der Waals surface area contributed by atoms with Crippen LogP contribution in [0, 0.1) is 6.92 Å². The van der Waals surface area contributed by atoms with Crippen molar-refractivity contribution in [3.05, 3.63) is 161 Å². The quantitative estimate of drug-likeness (QED) is 0.237. The van der Waals surface area contributed by atoms with Crippen LogP contribution < -0.4 is 5.32 Å². The Morgan fingerprint density at radius 3 is 2.24 bits per heavy atom. The van der Waals surface area contributed by atoms with Crippen LogP contribution in [0.4, 0.5) is 11.4 Å². The molecule has 0 aromatic heterocycles. The fourth-order valence-electron chi connectivity index (χ4n) is 6.49. The van der Waals surface area contributed by atoms with Gasteiger partial charge in [0.1, 0.15) is 0 Å². The summed E-state index contributed by atoms with van der Waals surface area (Å²) >= 11 is 0. The van der Waals surface area contributed by atoms with E-state index in [2.05, 4.69) is 153 Å². The molecule has 0 spiro atoms. The van der Waals surface area contributed by atoms with E-state index in [-0.39, 0.29) is 0 Å². The van der Waals surface area contributed by atoms with Crippen molar-refractivity contribution >= 4 is 16.9 Å². The highest BCUT2D eigenvalue weighted by atomic mass is 14.9. The van der Waals surface area contributed by atoms with Gasteiger partial charge in [0, 0.05) is 23.2 Å². The predicted octanol–water partition coefficient (Wildman–Crippen LogP) is 11.3. The van der Waals surface area contributed by atoms with Crippen molar-refractivity contribution in [3.63, 3.8) is 0 Å². The predicted molar refractivity (Wildman–Crippen MR) is 177 cm³/mol. The zero-order valence-corrected chi connectivity index (χ0v) is 24.2. The lowest BCUT2D eigenvalue weighted by Gasteiger charge is -2.31. The molecule has 1 heteroatoms. The zero-order valence-electron chi connectivity index (χ0n) is 24.2. The molecule has 4 aromatic rings. The summed E-state index contributed by atoms with van der Waals surface area (Å²) < 4.78 is 0. The highest BCUT2D eigenvalue weighted by Crippen LogP contribution is 2.47. The minimum Gasteiger partial charge on any atom is -0.356 e. The minimum absolute atomic E-state index is 0.328. The lowest BCUT2D eigenvalue weighted by Crippen LogP contribution is -2.12. The number of para-hydroxylation sites is 1. The first kappa shape index (κ1) is 26.8. The van der Waals surface area contributed by atoms with Gasteiger partial charge in [-0.05, 0) is 89.4 Å². The number of aryl methyl sites for hydroxylation is 1. The molecule has 2 aliphatic carbocycles. The number of hydrogen-bond acceptors (Lipinski definition) is 1. The Labute approximate surface area is 245 Å². The van der Waals surface area contributed by atoms with E-state index in [1.165, 1.54) is 39.0 Å². The fourth-order valence-corrected chi connectivity index (χ4v) is 6.49. The first-order valence-corrected chi connectivity index (χ1v) is 15.1. The molecule has 6 rings (SSSR count). The summed E-state index contributed by atoms with van der Waals surface area (Å²) in [6.07, 6.45) is 18.3. The van der Waals surface area contributed by atoms with Crippen molar-refractivity contribution in [2.24, 2.45) is 0 Å². The Kier molecular flexibility index (Phi) is 8.14. The van der Waals surface area contributed by atoms with Crippen molar-refractivity contribution in [3.8, 4) is 11.1 Å². The van der Waals surface area contributed by atoms with Crippen molar-refractivity contribution < 1.29 is 0 Å². The number of nitrogens with one attached hydrogen (secondary N) is 1. The largest absolute Gasteiger partial charge is 0.356 e. The van der Waals surface area contributed by atoms with Crippen LogP contribution in [0.15, 0.2) is 139 Å². The van der Waals surface area contributed by atoms with Crippen LogP contribution in [-0.2, 0) is 0 Å². The SMILES string of the molecule is CCCC1=CC=C(c2c(-c3ccccc3)cc(Nc3ccccc3)cc2C2C=CC=CC2)CC1c1ccccc1C. The molecule has 0 saturated heterocycles. The van der Waals surface area contributed by atoms with Gasteiger partial charge in [-0.1, -0.05) is 128 Å². The van der Waals surface area contributed by atoms with Crippen LogP contribution >= 0.6 is 0 Å². The van der Waals surface area contributed by atoms with Gasteiger partial charge in [-0.25, -0.2) is 0 Å². The van der Waals surface area contributed by atoms with E-state index in [1.807, 2.05) is 0 Å². The molecule has 0 aliphatic heterocycles. The molecule has 2 aliphatic rings. The van der Waals surface area contributed by atoms with E-state index in [0.29, 0.717) is 11.8 Å². The van der Waals surface area contributed by atoms with Gasteiger partial charge < -0.3 is 5.32 Å². The number of benzene rings is 4. The number of hydrogen-bond donors (Lipinski definition) is 1. The Morgan fingerprint density at radius 2 is 1.51 bits per heavy atom. The molecule has 0 saturated carbocycles. The lowest BCUT2D eigenvalue weighted by atomic mass is 9.74. The molecule has 0 fully saturated rings. The fraction of sp³-hybridized carbons (Fsp3) is 0.200. The van der Waals surface area contributed by atoms with Gasteiger partial charge in [0.2, 0.25) is 0 Å². The smallest absolute Gasteiger partial charge is 0.0393 e. The Bertz CT molecular complexity index is 1620. The summed E-state index contributed by atoms with van der Waals surface area (Å²) in [4.78, 5) is 0. The topological polar surface area (TPSA) is 12.0 Å². The molecule has 1 nitrogen and oxygen atoms in total. The Morgan fingerprint density at radius 1 is 0.756 bits per heavy atom. The third-order valence-electron chi connectivity index (χ3n) is 8.49. The van der Waals surface area contributed by atoms with Crippen molar-refractivity contribution in [2.75, 3.05) is 5.32 Å². The van der Waals surface area contributed by atoms with Gasteiger partial charge in [-0.3, -0.25) is 0 Å². The molecule has 2 atom stereocenters. The van der Waals surface area contributed by atoms with Crippen molar-refractivity contribution in [2.45, 2.75) is 51.4 Å². The standard InChI is InChI=1S/C40H39N/c1-3-15-30-24-25-33(26-37(30)36-23-14-13-16-29(36)2)40-38(31-17-7-4-8-18-31)27-35(41-34-21-11-6-12-22-34)28-39(40)32-19-9-5-10-20-32/h4-14,16-19,21-25,27-28,32,37,41H,3,15,20,26H2,1-2H3. The second kappa shape index (κ2) is 12.4. The molecule has 0 heterocycles. The summed E-state index contributed by atoms with van der Waals surface area (Å²) in [5.74, 6) is 0.727. The number of anilines is 2. The van der Waals surface area contributed by atoms with Gasteiger partial charge in [-0.2, -0.15) is 0 Å². The van der Waals surface area contributed by atoms with Crippen LogP contribution in [-0.4, -0.2) is 0 Å². The van der Waals surface area contributed by atoms with Crippen molar-refractivity contribution in [1.29, 1.82) is 0 Å². The van der Waals surface area contributed by atoms with E-state index in [9.17, 15) is 0 Å². The van der Waals surface area contributed by atoms with Crippen LogP contribution in [0.5, 0.6) is 0 Å². The van der Waals surface area contributed by atoms with Crippen LogP contribution in [0.1, 0.15) is 66.7 Å². The second-order valence-electron chi connectivity index (χ2n) is 11.3. The maximum absolute atomic E-state index is 3.72. The highest BCUT2D eigenvalue weighted by molar-refractivity contribution is 5.88. The van der Waals surface area contributed by atoms with Gasteiger partial charge in [0.15, 0.2) is 0 Å². The highest BCUT2D eigenvalue weighted by Gasteiger charge is 2.27. The number of rotatable bonds is 8. The van der Waals surface area contributed by atoms with Gasteiger partial charge >= 0.3 is 0 Å². The average Bonchev–Trinajstić information content (AvgIpc) is 3.03. The summed E-state index contributed by atoms with van der Waals surface area (Å²) in [6.45, 7) is 4.56. The van der Waals surface area contributed by atoms with Gasteiger partial charge in [0.25, 0.3) is 0 Å². The second-order valence-corrected chi connectivity index (χ2v) is 11.3. The Balaban J connectivity index is 1.54. The van der Waals surface area contributed by atoms with E-state index < -0.39 is 0 Å².